The van der Waals surface area contributed by atoms with Crippen molar-refractivity contribution in [3.8, 4) is 17.3 Å². The second-order valence-corrected chi connectivity index (χ2v) is 9.11. The Bertz CT molecular complexity index is 1490. The fraction of sp³-hybridized carbons (Fsp3) is 0.333. The van der Waals surface area contributed by atoms with E-state index in [2.05, 4.69) is 24.9 Å². The van der Waals surface area contributed by atoms with E-state index in [1.165, 1.54) is 24.3 Å². The Morgan fingerprint density at radius 1 is 1.14 bits per heavy atom. The smallest absolute Gasteiger partial charge is 0.437 e. The van der Waals surface area contributed by atoms with E-state index < -0.39 is 23.7 Å². The van der Waals surface area contributed by atoms with E-state index in [9.17, 15) is 22.4 Å². The van der Waals surface area contributed by atoms with Crippen LogP contribution >= 0.6 is 0 Å². The maximum atomic E-state index is 13.3. The standard InChI is InChI=1S/C24H19F4N7O2/c1-34-22(15-5-4-12(25)7-30-15)33-21-23(34)31-8-16(32-21)19-18-13(9-35(19)11-36)14(18)10-37-17-3-2-6-29-20(17)24(26,27)28/h2-8,11,13-14,18-19H,9-10H2,1H3/t13-,14-,18-,19?/m1/s1. The Labute approximate surface area is 207 Å². The minimum absolute atomic E-state index is 0.0371. The van der Waals surface area contributed by atoms with E-state index in [4.69, 9.17) is 4.74 Å². The molecule has 13 heteroatoms. The molecule has 0 N–H and O–H groups in total. The molecule has 0 spiro atoms. The summed E-state index contributed by atoms with van der Waals surface area (Å²) in [4.78, 5) is 34.6. The molecule has 0 bridgehead atoms. The number of pyridine rings is 2. The van der Waals surface area contributed by atoms with Crippen LogP contribution in [0.3, 0.4) is 0 Å². The molecule has 1 saturated carbocycles. The van der Waals surface area contributed by atoms with Crippen LogP contribution in [-0.2, 0) is 18.0 Å². The SMILES string of the molecule is Cn1c(-c2ccc(F)cn2)nc2nc(C3[C@H]4[C@H](COc5cccnc5C(F)(F)F)[C@H]4CN3C=O)cnc21. The van der Waals surface area contributed by atoms with Crippen molar-refractivity contribution in [2.45, 2.75) is 12.2 Å². The van der Waals surface area contributed by atoms with E-state index in [1.807, 2.05) is 0 Å². The van der Waals surface area contributed by atoms with Crippen LogP contribution in [0.1, 0.15) is 17.4 Å². The minimum Gasteiger partial charge on any atom is -0.491 e. The highest BCUT2D eigenvalue weighted by Crippen LogP contribution is 2.60. The zero-order valence-electron chi connectivity index (χ0n) is 19.3. The molecule has 4 atom stereocenters. The van der Waals surface area contributed by atoms with Crippen LogP contribution in [0.5, 0.6) is 5.75 Å². The van der Waals surface area contributed by atoms with Crippen molar-refractivity contribution in [2.24, 2.45) is 24.8 Å². The summed E-state index contributed by atoms with van der Waals surface area (Å²) >= 11 is 0. The lowest BCUT2D eigenvalue weighted by Gasteiger charge is -2.24. The van der Waals surface area contributed by atoms with Crippen LogP contribution in [0, 0.1) is 23.6 Å². The van der Waals surface area contributed by atoms with Gasteiger partial charge in [-0.2, -0.15) is 13.2 Å². The molecule has 1 unspecified atom stereocenters. The van der Waals surface area contributed by atoms with Gasteiger partial charge in [0.05, 0.1) is 30.7 Å². The van der Waals surface area contributed by atoms with Gasteiger partial charge in [-0.3, -0.25) is 4.79 Å². The number of aromatic nitrogens is 6. The van der Waals surface area contributed by atoms with E-state index in [1.54, 1.807) is 22.7 Å². The number of rotatable bonds is 6. The lowest BCUT2D eigenvalue weighted by Crippen LogP contribution is -2.29. The monoisotopic (exact) mass is 513 g/mol. The zero-order chi connectivity index (χ0) is 25.9. The van der Waals surface area contributed by atoms with E-state index >= 15 is 0 Å². The van der Waals surface area contributed by atoms with Crippen LogP contribution < -0.4 is 4.74 Å². The van der Waals surface area contributed by atoms with Crippen LogP contribution in [0.15, 0.2) is 42.9 Å². The summed E-state index contributed by atoms with van der Waals surface area (Å²) in [5.41, 5.74) is 0.750. The lowest BCUT2D eigenvalue weighted by atomic mass is 10.1. The topological polar surface area (TPSA) is 98.9 Å². The number of carbonyl (C=O) groups is 1. The average Bonchev–Trinajstić information content (AvgIpc) is 3.23. The number of alkyl halides is 3. The van der Waals surface area contributed by atoms with Crippen LogP contribution in [0.2, 0.25) is 0 Å². The summed E-state index contributed by atoms with van der Waals surface area (Å²) in [7, 11) is 1.75. The van der Waals surface area contributed by atoms with E-state index in [0.717, 1.165) is 18.8 Å². The summed E-state index contributed by atoms with van der Waals surface area (Å²) in [5.74, 6) is -0.348. The molecular weight excluding hydrogens is 494 g/mol. The van der Waals surface area contributed by atoms with Crippen molar-refractivity contribution in [3.05, 3.63) is 60.1 Å². The third kappa shape index (κ3) is 3.94. The minimum atomic E-state index is -4.62. The number of aryl methyl sites for hydroxylation is 1. The molecule has 5 heterocycles. The molecule has 4 aromatic rings. The molecule has 9 nitrogen and oxygen atoms in total. The number of piperidine rings is 1. The molecule has 0 aromatic carbocycles. The molecule has 6 rings (SSSR count). The molecule has 1 saturated heterocycles. The van der Waals surface area contributed by atoms with Gasteiger partial charge in [0.1, 0.15) is 17.3 Å². The third-order valence-electron chi connectivity index (χ3n) is 7.01. The fourth-order valence-corrected chi connectivity index (χ4v) is 5.25. The number of hydrogen-bond donors (Lipinski definition) is 0. The quantitative estimate of drug-likeness (QED) is 0.288. The second kappa shape index (κ2) is 8.46. The fourth-order valence-electron chi connectivity index (χ4n) is 5.25. The van der Waals surface area contributed by atoms with Crippen molar-refractivity contribution < 1.29 is 27.1 Å². The first kappa shape index (κ1) is 23.3. The van der Waals surface area contributed by atoms with Gasteiger partial charge in [0.2, 0.25) is 6.41 Å². The normalized spacial score (nSPS) is 22.8. The average molecular weight is 513 g/mol. The largest absolute Gasteiger partial charge is 0.491 e. The molecule has 1 amide bonds. The first-order valence-electron chi connectivity index (χ1n) is 11.4. The van der Waals surface area contributed by atoms with Gasteiger partial charge in [-0.25, -0.2) is 29.3 Å². The molecule has 2 aliphatic rings. The number of imidazole rings is 1. The molecule has 1 aliphatic heterocycles. The molecule has 2 fully saturated rings. The van der Waals surface area contributed by atoms with Crippen molar-refractivity contribution in [3.63, 3.8) is 0 Å². The van der Waals surface area contributed by atoms with Gasteiger partial charge in [0, 0.05) is 25.7 Å². The molecule has 0 radical (unpaired) electrons. The Morgan fingerprint density at radius 2 is 1.97 bits per heavy atom. The maximum Gasteiger partial charge on any atom is 0.437 e. The van der Waals surface area contributed by atoms with Gasteiger partial charge >= 0.3 is 6.18 Å². The lowest BCUT2D eigenvalue weighted by molar-refractivity contribution is -0.142. The van der Waals surface area contributed by atoms with Crippen molar-refractivity contribution in [1.29, 1.82) is 0 Å². The predicted octanol–water partition coefficient (Wildman–Crippen LogP) is 3.43. The van der Waals surface area contributed by atoms with Gasteiger partial charge in [0.15, 0.2) is 22.8 Å². The highest BCUT2D eigenvalue weighted by Gasteiger charge is 2.62. The maximum absolute atomic E-state index is 13.3. The van der Waals surface area contributed by atoms with E-state index in [0.29, 0.717) is 35.1 Å². The van der Waals surface area contributed by atoms with Gasteiger partial charge in [0.25, 0.3) is 0 Å². The first-order chi connectivity index (χ1) is 17.8. The second-order valence-electron chi connectivity index (χ2n) is 9.11. The summed E-state index contributed by atoms with van der Waals surface area (Å²) in [6.07, 6.45) is -0.128. The Morgan fingerprint density at radius 3 is 2.70 bits per heavy atom. The van der Waals surface area contributed by atoms with E-state index in [-0.39, 0.29) is 30.1 Å². The van der Waals surface area contributed by atoms with Crippen LogP contribution in [0.4, 0.5) is 17.6 Å². The van der Waals surface area contributed by atoms with Crippen LogP contribution in [0.25, 0.3) is 22.8 Å². The van der Waals surface area contributed by atoms with Crippen LogP contribution in [-0.4, -0.2) is 53.9 Å². The molecule has 4 aromatic heterocycles. The number of nitrogens with zero attached hydrogens (tertiary/aromatic N) is 7. The molecular formula is C24H19F4N7O2. The summed E-state index contributed by atoms with van der Waals surface area (Å²) in [6.45, 7) is 0.506. The number of amides is 1. The number of hydrogen-bond acceptors (Lipinski definition) is 7. The van der Waals surface area contributed by atoms with Gasteiger partial charge in [-0.15, -0.1) is 0 Å². The van der Waals surface area contributed by atoms with Gasteiger partial charge < -0.3 is 14.2 Å². The molecule has 37 heavy (non-hydrogen) atoms. The van der Waals surface area contributed by atoms with Gasteiger partial charge in [-0.05, 0) is 36.1 Å². The number of carbonyl (C=O) groups excluding carboxylic acids is 1. The number of halogens is 4. The molecule has 1 aliphatic carbocycles. The van der Waals surface area contributed by atoms with Crippen molar-refractivity contribution >= 4 is 17.7 Å². The first-order valence-corrected chi connectivity index (χ1v) is 11.4. The summed E-state index contributed by atoms with van der Waals surface area (Å²) < 4.78 is 60.3. The highest BCUT2D eigenvalue weighted by atomic mass is 19.4. The predicted molar refractivity (Wildman–Crippen MR) is 120 cm³/mol. The number of fused-ring (bicyclic) bond motifs is 2. The Hall–Kier alpha value is -4.16. The summed E-state index contributed by atoms with van der Waals surface area (Å²) in [6, 6.07) is 5.03. The Kier molecular flexibility index (Phi) is 5.31. The third-order valence-corrected chi connectivity index (χ3v) is 7.01. The van der Waals surface area contributed by atoms with Gasteiger partial charge in [-0.1, -0.05) is 0 Å². The zero-order valence-corrected chi connectivity index (χ0v) is 19.3. The number of ether oxygens (including phenoxy) is 1. The van der Waals surface area contributed by atoms with Crippen molar-refractivity contribution in [2.75, 3.05) is 13.2 Å². The molecule has 190 valence electrons. The number of likely N-dealkylation sites (tertiary alicyclic amines) is 1. The van der Waals surface area contributed by atoms with Crippen molar-refractivity contribution in [1.82, 2.24) is 34.4 Å². The highest BCUT2D eigenvalue weighted by molar-refractivity contribution is 5.72. The Balaban J connectivity index is 1.25. The summed E-state index contributed by atoms with van der Waals surface area (Å²) in [5, 5.41) is 0.